The third-order valence-electron chi connectivity index (χ3n) is 4.60. The van der Waals surface area contributed by atoms with Crippen LogP contribution in [0.3, 0.4) is 0 Å². The molecule has 4 heterocycles. The van der Waals surface area contributed by atoms with Gasteiger partial charge in [-0.2, -0.15) is 5.10 Å². The van der Waals surface area contributed by atoms with Crippen LogP contribution >= 0.6 is 11.3 Å². The highest BCUT2D eigenvalue weighted by Crippen LogP contribution is 2.32. The van der Waals surface area contributed by atoms with Crippen LogP contribution in [-0.4, -0.2) is 36.6 Å². The number of anilines is 2. The number of nitrogens with one attached hydrogen (secondary N) is 2. The maximum Gasteiger partial charge on any atom is 0.188 e. The molecule has 4 rings (SSSR count). The SMILES string of the molecule is Cc1nc(Nc2ncc(C)s2)cc([C@@H]2CCCCN2Cc2ccn[nH]2)n1. The maximum atomic E-state index is 4.75. The summed E-state index contributed by atoms with van der Waals surface area (Å²) < 4.78 is 0. The van der Waals surface area contributed by atoms with E-state index in [2.05, 4.69) is 43.4 Å². The third kappa shape index (κ3) is 3.91. The predicted molar refractivity (Wildman–Crippen MR) is 102 cm³/mol. The minimum absolute atomic E-state index is 0.298. The van der Waals surface area contributed by atoms with E-state index in [1.54, 1.807) is 17.5 Å². The lowest BCUT2D eigenvalue weighted by molar-refractivity contribution is 0.135. The number of likely N-dealkylation sites (tertiary alicyclic amines) is 1. The van der Waals surface area contributed by atoms with Gasteiger partial charge in [-0.1, -0.05) is 6.42 Å². The van der Waals surface area contributed by atoms with Crippen LogP contribution in [0.4, 0.5) is 10.9 Å². The number of nitrogens with zero attached hydrogens (tertiary/aromatic N) is 5. The molecule has 3 aromatic heterocycles. The molecule has 3 aromatic rings. The van der Waals surface area contributed by atoms with E-state index in [1.807, 2.05) is 19.2 Å². The number of H-pyrrole nitrogens is 1. The molecule has 0 amide bonds. The second-order valence-electron chi connectivity index (χ2n) is 6.69. The van der Waals surface area contributed by atoms with Gasteiger partial charge in [0.1, 0.15) is 11.6 Å². The van der Waals surface area contributed by atoms with Gasteiger partial charge in [-0.15, -0.1) is 11.3 Å². The van der Waals surface area contributed by atoms with Crippen molar-refractivity contribution in [3.63, 3.8) is 0 Å². The Balaban J connectivity index is 1.58. The minimum Gasteiger partial charge on any atom is -0.316 e. The molecule has 0 bridgehead atoms. The highest BCUT2D eigenvalue weighted by molar-refractivity contribution is 7.15. The molecule has 1 atom stereocenters. The first kappa shape index (κ1) is 17.1. The molecular weight excluding hydrogens is 346 g/mol. The van der Waals surface area contributed by atoms with Crippen molar-refractivity contribution in [3.05, 3.63) is 46.6 Å². The molecule has 0 aromatic carbocycles. The fourth-order valence-electron chi connectivity index (χ4n) is 3.45. The molecule has 0 unspecified atom stereocenters. The van der Waals surface area contributed by atoms with E-state index in [-0.39, 0.29) is 0 Å². The van der Waals surface area contributed by atoms with Crippen molar-refractivity contribution in [2.75, 3.05) is 11.9 Å². The molecule has 0 spiro atoms. The largest absolute Gasteiger partial charge is 0.316 e. The van der Waals surface area contributed by atoms with Gasteiger partial charge in [-0.25, -0.2) is 15.0 Å². The van der Waals surface area contributed by atoms with E-state index >= 15 is 0 Å². The van der Waals surface area contributed by atoms with Crippen LogP contribution in [-0.2, 0) is 6.54 Å². The monoisotopic (exact) mass is 369 g/mol. The number of thiazole rings is 1. The lowest BCUT2D eigenvalue weighted by atomic mass is 9.98. The van der Waals surface area contributed by atoms with Crippen LogP contribution in [0.15, 0.2) is 24.5 Å². The Labute approximate surface area is 156 Å². The van der Waals surface area contributed by atoms with Crippen molar-refractivity contribution >= 4 is 22.3 Å². The highest BCUT2D eigenvalue weighted by atomic mass is 32.1. The lowest BCUT2D eigenvalue weighted by Gasteiger charge is -2.35. The van der Waals surface area contributed by atoms with Crippen molar-refractivity contribution in [1.29, 1.82) is 0 Å². The van der Waals surface area contributed by atoms with Crippen LogP contribution in [0.5, 0.6) is 0 Å². The molecule has 1 saturated heterocycles. The summed E-state index contributed by atoms with van der Waals surface area (Å²) in [6.07, 6.45) is 7.23. The fraction of sp³-hybridized carbons (Fsp3) is 0.444. The van der Waals surface area contributed by atoms with Gasteiger partial charge in [0.25, 0.3) is 0 Å². The Hall–Kier alpha value is -2.32. The smallest absolute Gasteiger partial charge is 0.188 e. The molecule has 1 fully saturated rings. The third-order valence-corrected chi connectivity index (χ3v) is 5.43. The van der Waals surface area contributed by atoms with Gasteiger partial charge < -0.3 is 5.32 Å². The summed E-state index contributed by atoms with van der Waals surface area (Å²) in [7, 11) is 0. The van der Waals surface area contributed by atoms with Crippen molar-refractivity contribution in [1.82, 2.24) is 30.0 Å². The molecule has 8 heteroatoms. The van der Waals surface area contributed by atoms with Crippen LogP contribution in [0.2, 0.25) is 0 Å². The maximum absolute atomic E-state index is 4.75. The van der Waals surface area contributed by atoms with Crippen LogP contribution in [0.25, 0.3) is 0 Å². The number of piperidine rings is 1. The Morgan fingerprint density at radius 3 is 3.00 bits per heavy atom. The second kappa shape index (κ2) is 7.51. The van der Waals surface area contributed by atoms with Crippen molar-refractivity contribution in [2.24, 2.45) is 0 Å². The summed E-state index contributed by atoms with van der Waals surface area (Å²) >= 11 is 1.63. The summed E-state index contributed by atoms with van der Waals surface area (Å²) in [6.45, 7) is 5.93. The molecule has 7 nitrogen and oxygen atoms in total. The van der Waals surface area contributed by atoms with Gasteiger partial charge in [-0.05, 0) is 39.3 Å². The van der Waals surface area contributed by atoms with Gasteiger partial charge in [0, 0.05) is 35.6 Å². The molecule has 1 aliphatic rings. The molecule has 0 aliphatic carbocycles. The normalized spacial score (nSPS) is 18.2. The Morgan fingerprint density at radius 1 is 1.31 bits per heavy atom. The standard InChI is InChI=1S/C18H23N7S/c1-12-10-19-18(26-12)23-17-9-15(21-13(2)22-17)16-5-3-4-8-25(16)11-14-6-7-20-24-14/h6-7,9-10,16H,3-5,8,11H2,1-2H3,(H,20,24)(H,19,21,22,23)/t16-/m0/s1. The molecular formula is C18H23N7S. The first-order valence-corrected chi connectivity index (χ1v) is 9.76. The zero-order valence-electron chi connectivity index (χ0n) is 15.1. The quantitative estimate of drug-likeness (QED) is 0.713. The summed E-state index contributed by atoms with van der Waals surface area (Å²) in [5, 5.41) is 11.3. The number of aryl methyl sites for hydroxylation is 2. The number of rotatable bonds is 5. The van der Waals surface area contributed by atoms with E-state index in [9.17, 15) is 0 Å². The Kier molecular flexibility index (Phi) is 4.94. The van der Waals surface area contributed by atoms with Crippen molar-refractivity contribution in [2.45, 2.75) is 45.7 Å². The highest BCUT2D eigenvalue weighted by Gasteiger charge is 2.26. The first-order valence-electron chi connectivity index (χ1n) is 8.95. The molecule has 0 saturated carbocycles. The second-order valence-corrected chi connectivity index (χ2v) is 7.93. The number of hydrogen-bond acceptors (Lipinski definition) is 7. The summed E-state index contributed by atoms with van der Waals surface area (Å²) in [4.78, 5) is 17.3. The summed E-state index contributed by atoms with van der Waals surface area (Å²) in [5.74, 6) is 1.60. The van der Waals surface area contributed by atoms with Gasteiger partial charge in [0.2, 0.25) is 0 Å². The lowest BCUT2D eigenvalue weighted by Crippen LogP contribution is -2.33. The van der Waals surface area contributed by atoms with E-state index in [0.29, 0.717) is 6.04 Å². The summed E-state index contributed by atoms with van der Waals surface area (Å²) in [5.41, 5.74) is 2.21. The topological polar surface area (TPSA) is 82.6 Å². The zero-order valence-corrected chi connectivity index (χ0v) is 15.9. The molecule has 1 aliphatic heterocycles. The van der Waals surface area contributed by atoms with Gasteiger partial charge in [-0.3, -0.25) is 10.00 Å². The van der Waals surface area contributed by atoms with E-state index in [4.69, 9.17) is 4.98 Å². The first-order chi connectivity index (χ1) is 12.7. The van der Waals surface area contributed by atoms with Gasteiger partial charge in [0.05, 0.1) is 11.7 Å². The molecule has 136 valence electrons. The Morgan fingerprint density at radius 2 is 2.23 bits per heavy atom. The Bertz CT molecular complexity index is 858. The van der Waals surface area contributed by atoms with E-state index in [1.165, 1.54) is 17.7 Å². The minimum atomic E-state index is 0.298. The molecule has 26 heavy (non-hydrogen) atoms. The van der Waals surface area contributed by atoms with Crippen molar-refractivity contribution in [3.8, 4) is 0 Å². The zero-order chi connectivity index (χ0) is 17.9. The van der Waals surface area contributed by atoms with E-state index in [0.717, 1.165) is 47.7 Å². The van der Waals surface area contributed by atoms with Gasteiger partial charge >= 0.3 is 0 Å². The fourth-order valence-corrected chi connectivity index (χ4v) is 4.13. The average molecular weight is 369 g/mol. The van der Waals surface area contributed by atoms with Crippen LogP contribution in [0.1, 0.15) is 47.4 Å². The average Bonchev–Trinajstić information content (AvgIpc) is 3.27. The number of aromatic amines is 1. The van der Waals surface area contributed by atoms with E-state index < -0.39 is 0 Å². The molecule has 0 radical (unpaired) electrons. The van der Waals surface area contributed by atoms with Gasteiger partial charge in [0.15, 0.2) is 5.13 Å². The molecule has 2 N–H and O–H groups in total. The summed E-state index contributed by atoms with van der Waals surface area (Å²) in [6, 6.07) is 4.40. The number of hydrogen-bond donors (Lipinski definition) is 2. The van der Waals surface area contributed by atoms with Crippen LogP contribution < -0.4 is 5.32 Å². The van der Waals surface area contributed by atoms with Crippen molar-refractivity contribution < 1.29 is 0 Å². The van der Waals surface area contributed by atoms with Crippen LogP contribution in [0, 0.1) is 13.8 Å². The number of aromatic nitrogens is 5. The predicted octanol–water partition coefficient (Wildman–Crippen LogP) is 3.74.